The van der Waals surface area contributed by atoms with Crippen LogP contribution in [-0.4, -0.2) is 19.6 Å². The molecule has 3 N–H and O–H groups in total. The van der Waals surface area contributed by atoms with Crippen molar-refractivity contribution in [3.63, 3.8) is 0 Å². The molecule has 0 spiro atoms. The minimum absolute atomic E-state index is 0.517. The number of hydrogen-bond donors (Lipinski definition) is 2. The molecule has 2 aliphatic rings. The van der Waals surface area contributed by atoms with E-state index in [-0.39, 0.29) is 0 Å². The summed E-state index contributed by atoms with van der Waals surface area (Å²) in [5.74, 6) is 2.46. The zero-order chi connectivity index (χ0) is 12.7. The molecule has 0 aromatic carbocycles. The van der Waals surface area contributed by atoms with Crippen molar-refractivity contribution < 1.29 is 0 Å². The molecule has 0 heterocycles. The highest BCUT2D eigenvalue weighted by atomic mass is 14.9. The van der Waals surface area contributed by atoms with Crippen molar-refractivity contribution in [3.05, 3.63) is 0 Å². The maximum atomic E-state index is 5.83. The number of nitrogens with two attached hydrogens (primary N) is 1. The summed E-state index contributed by atoms with van der Waals surface area (Å²) in [6.07, 6.45) is 4.12. The first-order valence-corrected chi connectivity index (χ1v) is 7.32. The molecular weight excluding hydrogens is 208 g/mol. The van der Waals surface area contributed by atoms with E-state index < -0.39 is 0 Å². The predicted molar refractivity (Wildman–Crippen MR) is 73.8 cm³/mol. The van der Waals surface area contributed by atoms with Crippen LogP contribution in [0.25, 0.3) is 0 Å². The Labute approximate surface area is 107 Å². The van der Waals surface area contributed by atoms with Gasteiger partial charge in [-0.25, -0.2) is 0 Å². The Kier molecular flexibility index (Phi) is 3.57. The molecule has 2 saturated carbocycles. The maximum Gasteiger partial charge on any atom is -0.000977 e. The summed E-state index contributed by atoms with van der Waals surface area (Å²) in [4.78, 5) is 0. The van der Waals surface area contributed by atoms with Gasteiger partial charge in [0.25, 0.3) is 0 Å². The van der Waals surface area contributed by atoms with Gasteiger partial charge in [-0.3, -0.25) is 0 Å². The Balaban J connectivity index is 1.71. The van der Waals surface area contributed by atoms with Crippen molar-refractivity contribution in [1.82, 2.24) is 5.32 Å². The van der Waals surface area contributed by atoms with Gasteiger partial charge in [0.1, 0.15) is 0 Å². The van der Waals surface area contributed by atoms with Crippen LogP contribution in [0.15, 0.2) is 0 Å². The Morgan fingerprint density at radius 2 is 1.59 bits per heavy atom. The Morgan fingerprint density at radius 1 is 1.00 bits per heavy atom. The number of hydrogen-bond acceptors (Lipinski definition) is 2. The predicted octanol–water partition coefficient (Wildman–Crippen LogP) is 2.63. The van der Waals surface area contributed by atoms with Crippen LogP contribution in [-0.2, 0) is 0 Å². The minimum atomic E-state index is 0.517. The summed E-state index contributed by atoms with van der Waals surface area (Å²) in [5.41, 5.74) is 6.86. The van der Waals surface area contributed by atoms with Crippen LogP contribution in [0.1, 0.15) is 47.0 Å². The van der Waals surface area contributed by atoms with Crippen molar-refractivity contribution in [3.8, 4) is 0 Å². The fraction of sp³-hybridized carbons (Fsp3) is 1.00. The lowest BCUT2D eigenvalue weighted by molar-refractivity contribution is 0.366. The second-order valence-electron chi connectivity index (χ2n) is 7.34. The topological polar surface area (TPSA) is 38.0 Å². The Bertz CT molecular complexity index is 256. The quantitative estimate of drug-likeness (QED) is 0.773. The summed E-state index contributed by atoms with van der Waals surface area (Å²) < 4.78 is 0. The molecule has 0 radical (unpaired) electrons. The number of rotatable bonds is 5. The fourth-order valence-electron chi connectivity index (χ4n) is 3.95. The van der Waals surface area contributed by atoms with Gasteiger partial charge in [-0.1, -0.05) is 34.1 Å². The zero-order valence-electron chi connectivity index (χ0n) is 12.1. The van der Waals surface area contributed by atoms with Gasteiger partial charge in [0.15, 0.2) is 0 Å². The number of nitrogens with one attached hydrogen (secondary N) is 1. The average Bonchev–Trinajstić information content (AvgIpc) is 2.64. The van der Waals surface area contributed by atoms with Crippen molar-refractivity contribution in [2.75, 3.05) is 19.6 Å². The third kappa shape index (κ3) is 2.26. The van der Waals surface area contributed by atoms with Gasteiger partial charge in [-0.2, -0.15) is 0 Å². The van der Waals surface area contributed by atoms with Gasteiger partial charge in [0.2, 0.25) is 0 Å². The molecule has 2 rings (SSSR count). The highest BCUT2D eigenvalue weighted by Gasteiger charge is 2.63. The largest absolute Gasteiger partial charge is 0.330 e. The second kappa shape index (κ2) is 4.55. The average molecular weight is 238 g/mol. The lowest BCUT2D eigenvalue weighted by Crippen LogP contribution is -2.30. The van der Waals surface area contributed by atoms with E-state index in [9.17, 15) is 0 Å². The molecule has 2 nitrogen and oxygen atoms in total. The van der Waals surface area contributed by atoms with Crippen LogP contribution < -0.4 is 11.1 Å². The van der Waals surface area contributed by atoms with E-state index in [2.05, 4.69) is 33.0 Å². The summed E-state index contributed by atoms with van der Waals surface area (Å²) >= 11 is 0. The van der Waals surface area contributed by atoms with Gasteiger partial charge >= 0.3 is 0 Å². The van der Waals surface area contributed by atoms with Gasteiger partial charge < -0.3 is 11.1 Å². The molecular formula is C15H30N2. The molecule has 2 aliphatic carbocycles. The van der Waals surface area contributed by atoms with Crippen molar-refractivity contribution in [1.29, 1.82) is 0 Å². The molecule has 0 aromatic rings. The second-order valence-corrected chi connectivity index (χ2v) is 7.34. The van der Waals surface area contributed by atoms with E-state index in [1.54, 1.807) is 0 Å². The molecule has 0 bridgehead atoms. The van der Waals surface area contributed by atoms with Gasteiger partial charge in [-0.05, 0) is 61.1 Å². The molecule has 2 atom stereocenters. The van der Waals surface area contributed by atoms with E-state index >= 15 is 0 Å². The van der Waals surface area contributed by atoms with Gasteiger partial charge in [0, 0.05) is 0 Å². The first-order valence-electron chi connectivity index (χ1n) is 7.32. The monoisotopic (exact) mass is 238 g/mol. The highest BCUT2D eigenvalue weighted by molar-refractivity contribution is 5.12. The van der Waals surface area contributed by atoms with Crippen molar-refractivity contribution in [2.45, 2.75) is 47.0 Å². The van der Waals surface area contributed by atoms with Crippen LogP contribution in [0.2, 0.25) is 0 Å². The van der Waals surface area contributed by atoms with Crippen molar-refractivity contribution in [2.24, 2.45) is 34.3 Å². The Hall–Kier alpha value is -0.0800. The fourth-order valence-corrected chi connectivity index (χ4v) is 3.95. The molecule has 2 unspecified atom stereocenters. The van der Waals surface area contributed by atoms with Crippen LogP contribution in [0.4, 0.5) is 0 Å². The first-order chi connectivity index (χ1) is 7.91. The maximum absolute atomic E-state index is 5.83. The summed E-state index contributed by atoms with van der Waals surface area (Å²) in [5, 5.41) is 3.71. The van der Waals surface area contributed by atoms with Crippen molar-refractivity contribution >= 4 is 0 Å². The lowest BCUT2D eigenvalue weighted by atomic mass is 9.96. The zero-order valence-corrected chi connectivity index (χ0v) is 12.1. The summed E-state index contributed by atoms with van der Waals surface area (Å²) in [7, 11) is 0. The molecule has 0 amide bonds. The van der Waals surface area contributed by atoms with Crippen LogP contribution >= 0.6 is 0 Å². The molecule has 2 fully saturated rings. The van der Waals surface area contributed by atoms with Crippen LogP contribution in [0, 0.1) is 28.6 Å². The smallest absolute Gasteiger partial charge is 0.000977 e. The highest BCUT2D eigenvalue weighted by Crippen LogP contribution is 2.67. The standard InChI is InChI=1S/C15H30N2/c1-14(2)13(15(14,3)4)10-17-9-12-7-5-6-11(12)8-16/h11-13,17H,5-10,16H2,1-4H3. The molecule has 2 heteroatoms. The Morgan fingerprint density at radius 3 is 2.12 bits per heavy atom. The summed E-state index contributed by atoms with van der Waals surface area (Å²) in [6.45, 7) is 12.9. The van der Waals surface area contributed by atoms with Crippen LogP contribution in [0.5, 0.6) is 0 Å². The summed E-state index contributed by atoms with van der Waals surface area (Å²) in [6, 6.07) is 0. The van der Waals surface area contributed by atoms with E-state index in [4.69, 9.17) is 5.73 Å². The van der Waals surface area contributed by atoms with E-state index in [1.165, 1.54) is 32.4 Å². The van der Waals surface area contributed by atoms with Crippen LogP contribution in [0.3, 0.4) is 0 Å². The molecule has 100 valence electrons. The van der Waals surface area contributed by atoms with Gasteiger partial charge in [-0.15, -0.1) is 0 Å². The van der Waals surface area contributed by atoms with E-state index in [1.807, 2.05) is 0 Å². The molecule has 0 aliphatic heterocycles. The third-order valence-electron chi connectivity index (χ3n) is 6.19. The normalized spacial score (nSPS) is 35.1. The SMILES string of the molecule is CC1(C)C(CNCC2CCCC2CN)C1(C)C. The molecule has 17 heavy (non-hydrogen) atoms. The minimum Gasteiger partial charge on any atom is -0.330 e. The van der Waals surface area contributed by atoms with E-state index in [0.717, 1.165) is 24.3 Å². The molecule has 0 aromatic heterocycles. The third-order valence-corrected chi connectivity index (χ3v) is 6.19. The first kappa shape index (κ1) is 13.4. The van der Waals surface area contributed by atoms with E-state index in [0.29, 0.717) is 10.8 Å². The van der Waals surface area contributed by atoms with Gasteiger partial charge in [0.05, 0.1) is 0 Å². The molecule has 0 saturated heterocycles. The lowest BCUT2D eigenvalue weighted by Gasteiger charge is -2.18.